The third kappa shape index (κ3) is 4.09. The molecule has 0 unspecified atom stereocenters. The Kier molecular flexibility index (Phi) is 5.62. The van der Waals surface area contributed by atoms with Crippen LogP contribution in [0.2, 0.25) is 0 Å². The predicted octanol–water partition coefficient (Wildman–Crippen LogP) is 4.78. The molecule has 0 radical (unpaired) electrons. The van der Waals surface area contributed by atoms with Crippen molar-refractivity contribution in [1.82, 2.24) is 5.32 Å². The van der Waals surface area contributed by atoms with Crippen LogP contribution >= 0.6 is 11.8 Å². The highest BCUT2D eigenvalue weighted by atomic mass is 32.2. The largest absolute Gasteiger partial charge is 0.313 e. The molecule has 0 aliphatic rings. The first-order chi connectivity index (χ1) is 9.70. The van der Waals surface area contributed by atoms with Crippen LogP contribution in [-0.4, -0.2) is 6.54 Å². The number of hydrogen-bond acceptors (Lipinski definition) is 2. The molecule has 0 heterocycles. The van der Waals surface area contributed by atoms with Crippen molar-refractivity contribution in [3.8, 4) is 0 Å². The van der Waals surface area contributed by atoms with Crippen LogP contribution in [0.5, 0.6) is 0 Å². The molecular weight excluding hydrogens is 269 g/mol. The first kappa shape index (κ1) is 15.1. The van der Waals surface area contributed by atoms with Crippen LogP contribution in [0.4, 0.5) is 4.39 Å². The fraction of sp³-hybridized carbons (Fsp3) is 0.294. The van der Waals surface area contributed by atoms with Crippen molar-refractivity contribution < 1.29 is 4.39 Å². The van der Waals surface area contributed by atoms with Gasteiger partial charge in [-0.25, -0.2) is 4.39 Å². The molecule has 0 saturated heterocycles. The highest BCUT2D eigenvalue weighted by Crippen LogP contribution is 2.33. The fourth-order valence-electron chi connectivity index (χ4n) is 2.00. The third-order valence-corrected chi connectivity index (χ3v) is 4.15. The average Bonchev–Trinajstić information content (AvgIpc) is 2.43. The van der Waals surface area contributed by atoms with Crippen LogP contribution in [0.25, 0.3) is 0 Å². The van der Waals surface area contributed by atoms with Crippen molar-refractivity contribution >= 4 is 11.8 Å². The summed E-state index contributed by atoms with van der Waals surface area (Å²) in [6.07, 6.45) is 1.08. The lowest BCUT2D eigenvalue weighted by Gasteiger charge is -2.11. The minimum Gasteiger partial charge on any atom is -0.313 e. The number of rotatable bonds is 6. The van der Waals surface area contributed by atoms with E-state index < -0.39 is 0 Å². The Morgan fingerprint density at radius 1 is 1.15 bits per heavy atom. The molecule has 1 nitrogen and oxygen atoms in total. The van der Waals surface area contributed by atoms with Gasteiger partial charge in [-0.15, -0.1) is 0 Å². The number of benzene rings is 2. The molecule has 0 amide bonds. The van der Waals surface area contributed by atoms with Crippen molar-refractivity contribution in [3.05, 3.63) is 59.4 Å². The first-order valence-electron chi connectivity index (χ1n) is 6.93. The van der Waals surface area contributed by atoms with E-state index in [-0.39, 0.29) is 5.82 Å². The summed E-state index contributed by atoms with van der Waals surface area (Å²) < 4.78 is 14.1. The van der Waals surface area contributed by atoms with E-state index in [0.29, 0.717) is 6.54 Å². The third-order valence-electron chi connectivity index (χ3n) is 3.00. The summed E-state index contributed by atoms with van der Waals surface area (Å²) in [4.78, 5) is 1.80. The summed E-state index contributed by atoms with van der Waals surface area (Å²) >= 11 is 1.50. The quantitative estimate of drug-likeness (QED) is 0.768. The summed E-state index contributed by atoms with van der Waals surface area (Å²) in [6, 6.07) is 13.5. The smallest absolute Gasteiger partial charge is 0.137 e. The molecule has 2 aromatic rings. The minimum absolute atomic E-state index is 0.146. The van der Waals surface area contributed by atoms with Gasteiger partial charge in [-0.1, -0.05) is 48.5 Å². The molecule has 20 heavy (non-hydrogen) atoms. The van der Waals surface area contributed by atoms with Gasteiger partial charge < -0.3 is 5.32 Å². The highest BCUT2D eigenvalue weighted by Gasteiger charge is 2.10. The van der Waals surface area contributed by atoms with E-state index >= 15 is 0 Å². The van der Waals surface area contributed by atoms with Gasteiger partial charge in [-0.3, -0.25) is 0 Å². The lowest BCUT2D eigenvalue weighted by molar-refractivity contribution is 0.589. The fourth-order valence-corrected chi connectivity index (χ4v) is 3.07. The molecule has 1 N–H and O–H groups in total. The van der Waals surface area contributed by atoms with Crippen molar-refractivity contribution in [3.63, 3.8) is 0 Å². The van der Waals surface area contributed by atoms with Gasteiger partial charge in [0, 0.05) is 11.4 Å². The van der Waals surface area contributed by atoms with Gasteiger partial charge in [0.05, 0.1) is 4.90 Å². The molecule has 0 spiro atoms. The van der Waals surface area contributed by atoms with Gasteiger partial charge in [0.15, 0.2) is 0 Å². The van der Waals surface area contributed by atoms with Gasteiger partial charge in [0.2, 0.25) is 0 Å². The number of aryl methyl sites for hydroxylation is 1. The molecule has 0 aromatic heterocycles. The second-order valence-corrected chi connectivity index (χ2v) is 5.91. The standard InChI is InChI=1S/C17H20FNS/c1-3-10-19-12-14-7-5-9-16(18)17(14)20-15-8-4-6-13(2)11-15/h4-9,11,19H,3,10,12H2,1-2H3. The van der Waals surface area contributed by atoms with Crippen LogP contribution in [0, 0.1) is 12.7 Å². The summed E-state index contributed by atoms with van der Waals surface area (Å²) in [5.41, 5.74) is 2.21. The van der Waals surface area contributed by atoms with Crippen LogP contribution in [0.3, 0.4) is 0 Å². The van der Waals surface area contributed by atoms with Gasteiger partial charge in [-0.2, -0.15) is 0 Å². The maximum absolute atomic E-state index is 14.1. The van der Waals surface area contributed by atoms with Crippen LogP contribution in [0.1, 0.15) is 24.5 Å². The SMILES string of the molecule is CCCNCc1cccc(F)c1Sc1cccc(C)c1. The first-order valence-corrected chi connectivity index (χ1v) is 7.75. The maximum Gasteiger partial charge on any atom is 0.137 e. The Morgan fingerprint density at radius 3 is 2.70 bits per heavy atom. The second-order valence-electron chi connectivity index (χ2n) is 4.82. The van der Waals surface area contributed by atoms with E-state index in [1.165, 1.54) is 23.4 Å². The molecule has 0 fully saturated rings. The summed E-state index contributed by atoms with van der Waals surface area (Å²) in [7, 11) is 0. The number of halogens is 1. The second kappa shape index (κ2) is 7.46. The zero-order chi connectivity index (χ0) is 14.4. The molecule has 2 aromatic carbocycles. The summed E-state index contributed by atoms with van der Waals surface area (Å²) in [6.45, 7) is 5.83. The molecule has 106 valence electrons. The lowest BCUT2D eigenvalue weighted by atomic mass is 10.2. The Balaban J connectivity index is 2.21. The van der Waals surface area contributed by atoms with Gasteiger partial charge in [0.1, 0.15) is 5.82 Å². The van der Waals surface area contributed by atoms with Crippen molar-refractivity contribution in [2.45, 2.75) is 36.6 Å². The molecule has 0 bridgehead atoms. The molecule has 0 aliphatic carbocycles. The van der Waals surface area contributed by atoms with Gasteiger partial charge >= 0.3 is 0 Å². The highest BCUT2D eigenvalue weighted by molar-refractivity contribution is 7.99. The Bertz CT molecular complexity index is 569. The molecule has 2 rings (SSSR count). The van der Waals surface area contributed by atoms with Gasteiger partial charge in [0.25, 0.3) is 0 Å². The molecule has 0 aliphatic heterocycles. The Morgan fingerprint density at radius 2 is 1.95 bits per heavy atom. The predicted molar refractivity (Wildman–Crippen MR) is 83.7 cm³/mol. The van der Waals surface area contributed by atoms with Crippen LogP contribution in [0.15, 0.2) is 52.3 Å². The minimum atomic E-state index is -0.146. The number of hydrogen-bond donors (Lipinski definition) is 1. The van der Waals surface area contributed by atoms with E-state index in [1.807, 2.05) is 18.2 Å². The maximum atomic E-state index is 14.1. The van der Waals surface area contributed by atoms with Crippen LogP contribution in [-0.2, 0) is 6.54 Å². The van der Waals surface area contributed by atoms with E-state index in [9.17, 15) is 4.39 Å². The number of nitrogens with one attached hydrogen (secondary N) is 1. The normalized spacial score (nSPS) is 10.8. The van der Waals surface area contributed by atoms with Crippen LogP contribution < -0.4 is 5.32 Å². The Labute approximate surface area is 124 Å². The lowest BCUT2D eigenvalue weighted by Crippen LogP contribution is -2.14. The molecule has 3 heteroatoms. The Hall–Kier alpha value is -1.32. The zero-order valence-electron chi connectivity index (χ0n) is 11.9. The van der Waals surface area contributed by atoms with E-state index in [0.717, 1.165) is 28.3 Å². The van der Waals surface area contributed by atoms with Gasteiger partial charge in [-0.05, 0) is 43.7 Å². The molecule has 0 saturated carbocycles. The van der Waals surface area contributed by atoms with E-state index in [2.05, 4.69) is 31.3 Å². The topological polar surface area (TPSA) is 12.0 Å². The van der Waals surface area contributed by atoms with E-state index in [1.54, 1.807) is 6.07 Å². The van der Waals surface area contributed by atoms with Crippen molar-refractivity contribution in [2.75, 3.05) is 6.54 Å². The molecule has 0 atom stereocenters. The summed E-state index contributed by atoms with van der Waals surface area (Å²) in [5, 5.41) is 3.34. The zero-order valence-corrected chi connectivity index (χ0v) is 12.8. The molecular formula is C17H20FNS. The summed E-state index contributed by atoms with van der Waals surface area (Å²) in [5.74, 6) is -0.146. The average molecular weight is 289 g/mol. The van der Waals surface area contributed by atoms with E-state index in [4.69, 9.17) is 0 Å². The van der Waals surface area contributed by atoms with Crippen molar-refractivity contribution in [2.24, 2.45) is 0 Å². The van der Waals surface area contributed by atoms with Crippen molar-refractivity contribution in [1.29, 1.82) is 0 Å². The monoisotopic (exact) mass is 289 g/mol.